The Balaban J connectivity index is 1.94. The summed E-state index contributed by atoms with van der Waals surface area (Å²) in [6.07, 6.45) is 5.25. The number of nitrogens with zero attached hydrogens (tertiary/aromatic N) is 1. The van der Waals surface area contributed by atoms with E-state index in [1.165, 1.54) is 0 Å². The molecule has 0 aromatic rings. The zero-order valence-corrected chi connectivity index (χ0v) is 14.5. The Bertz CT molecular complexity index is 402. The maximum atomic E-state index is 12.7. The molecule has 2 amide bonds. The van der Waals surface area contributed by atoms with E-state index in [2.05, 4.69) is 10.6 Å². The quantitative estimate of drug-likeness (QED) is 0.761. The number of methoxy groups -OCH3 is 1. The fourth-order valence-corrected chi connectivity index (χ4v) is 3.73. The highest BCUT2D eigenvalue weighted by molar-refractivity contribution is 5.87. The average Bonchev–Trinajstić information content (AvgIpc) is 2.60. The Morgan fingerprint density at radius 1 is 1.30 bits per heavy atom. The number of carbonyl (C=O) groups is 2. The standard InChI is InChI=1S/C17H31N3O3/c1-3-15(21)20-11-5-4-6-14(20)16(22)19-12-17(13-23-2)7-9-18-10-8-17/h14,18H,3-13H2,1-2H3,(H,19,22). The van der Waals surface area contributed by atoms with Gasteiger partial charge < -0.3 is 20.3 Å². The van der Waals surface area contributed by atoms with E-state index in [-0.39, 0.29) is 23.3 Å². The van der Waals surface area contributed by atoms with Gasteiger partial charge in [0.2, 0.25) is 11.8 Å². The molecule has 2 fully saturated rings. The lowest BCUT2D eigenvalue weighted by atomic mass is 9.79. The number of piperidine rings is 2. The number of ether oxygens (including phenoxy) is 1. The van der Waals surface area contributed by atoms with Gasteiger partial charge in [0.15, 0.2) is 0 Å². The van der Waals surface area contributed by atoms with Crippen molar-refractivity contribution >= 4 is 11.8 Å². The first-order valence-electron chi connectivity index (χ1n) is 8.89. The van der Waals surface area contributed by atoms with Gasteiger partial charge in [0, 0.05) is 32.0 Å². The number of carbonyl (C=O) groups excluding carboxylic acids is 2. The van der Waals surface area contributed by atoms with Gasteiger partial charge in [-0.25, -0.2) is 0 Å². The van der Waals surface area contributed by atoms with Crippen molar-refractivity contribution in [3.05, 3.63) is 0 Å². The number of hydrogen-bond donors (Lipinski definition) is 2. The Labute approximate surface area is 139 Å². The molecule has 2 heterocycles. The largest absolute Gasteiger partial charge is 0.384 e. The third-order valence-corrected chi connectivity index (χ3v) is 5.18. The van der Waals surface area contributed by atoms with Crippen LogP contribution in [0.15, 0.2) is 0 Å². The molecule has 132 valence electrons. The van der Waals surface area contributed by atoms with Crippen molar-refractivity contribution < 1.29 is 14.3 Å². The van der Waals surface area contributed by atoms with Crippen LogP contribution in [0.25, 0.3) is 0 Å². The van der Waals surface area contributed by atoms with Crippen LogP contribution in [0, 0.1) is 5.41 Å². The molecule has 0 aromatic carbocycles. The zero-order valence-electron chi connectivity index (χ0n) is 14.5. The van der Waals surface area contributed by atoms with Crippen LogP contribution >= 0.6 is 0 Å². The van der Waals surface area contributed by atoms with Gasteiger partial charge in [0.05, 0.1) is 6.61 Å². The van der Waals surface area contributed by atoms with Crippen molar-refractivity contribution in [1.29, 1.82) is 0 Å². The number of nitrogens with one attached hydrogen (secondary N) is 2. The minimum Gasteiger partial charge on any atom is -0.384 e. The maximum Gasteiger partial charge on any atom is 0.242 e. The summed E-state index contributed by atoms with van der Waals surface area (Å²) in [5.74, 6) is 0.0823. The second-order valence-electron chi connectivity index (χ2n) is 6.85. The smallest absolute Gasteiger partial charge is 0.242 e. The molecule has 1 unspecified atom stereocenters. The van der Waals surface area contributed by atoms with Gasteiger partial charge >= 0.3 is 0 Å². The third kappa shape index (κ3) is 4.67. The zero-order chi connectivity index (χ0) is 16.7. The van der Waals surface area contributed by atoms with Crippen LogP contribution < -0.4 is 10.6 Å². The molecule has 0 aromatic heterocycles. The molecular formula is C17H31N3O3. The molecule has 0 aliphatic carbocycles. The molecule has 2 N–H and O–H groups in total. The monoisotopic (exact) mass is 325 g/mol. The van der Waals surface area contributed by atoms with Crippen molar-refractivity contribution in [1.82, 2.24) is 15.5 Å². The van der Waals surface area contributed by atoms with Crippen molar-refractivity contribution in [2.75, 3.05) is 39.9 Å². The third-order valence-electron chi connectivity index (χ3n) is 5.18. The van der Waals surface area contributed by atoms with Crippen molar-refractivity contribution in [3.63, 3.8) is 0 Å². The van der Waals surface area contributed by atoms with E-state index in [0.717, 1.165) is 45.2 Å². The van der Waals surface area contributed by atoms with E-state index >= 15 is 0 Å². The topological polar surface area (TPSA) is 70.7 Å². The van der Waals surface area contributed by atoms with Crippen molar-refractivity contribution in [2.24, 2.45) is 5.41 Å². The van der Waals surface area contributed by atoms with Gasteiger partial charge in [-0.3, -0.25) is 9.59 Å². The lowest BCUT2D eigenvalue weighted by Crippen LogP contribution is -2.54. The first-order valence-corrected chi connectivity index (χ1v) is 8.89. The van der Waals surface area contributed by atoms with E-state index in [0.29, 0.717) is 26.1 Å². The van der Waals surface area contributed by atoms with Gasteiger partial charge in [-0.2, -0.15) is 0 Å². The summed E-state index contributed by atoms with van der Waals surface area (Å²) in [4.78, 5) is 26.5. The summed E-state index contributed by atoms with van der Waals surface area (Å²) < 4.78 is 5.40. The molecular weight excluding hydrogens is 294 g/mol. The summed E-state index contributed by atoms with van der Waals surface area (Å²) in [6.45, 7) is 5.78. The van der Waals surface area contributed by atoms with E-state index in [9.17, 15) is 9.59 Å². The van der Waals surface area contributed by atoms with E-state index in [4.69, 9.17) is 4.74 Å². The van der Waals surface area contributed by atoms with Crippen LogP contribution in [-0.4, -0.2) is 62.7 Å². The lowest BCUT2D eigenvalue weighted by molar-refractivity contribution is -0.142. The highest BCUT2D eigenvalue weighted by Crippen LogP contribution is 2.28. The van der Waals surface area contributed by atoms with Crippen molar-refractivity contribution in [3.8, 4) is 0 Å². The Morgan fingerprint density at radius 2 is 2.04 bits per heavy atom. The van der Waals surface area contributed by atoms with E-state index in [1.54, 1.807) is 12.0 Å². The van der Waals surface area contributed by atoms with Gasteiger partial charge in [-0.05, 0) is 45.2 Å². The SMILES string of the molecule is CCC(=O)N1CCCCC1C(=O)NCC1(COC)CCNCC1. The molecule has 6 nitrogen and oxygen atoms in total. The number of rotatable bonds is 6. The van der Waals surface area contributed by atoms with E-state index in [1.807, 2.05) is 6.92 Å². The van der Waals surface area contributed by atoms with Crippen LogP contribution in [0.1, 0.15) is 45.4 Å². The molecule has 2 aliphatic heterocycles. The average molecular weight is 325 g/mol. The Hall–Kier alpha value is -1.14. The van der Waals surface area contributed by atoms with Crippen LogP contribution in [0.3, 0.4) is 0 Å². The molecule has 2 saturated heterocycles. The normalized spacial score (nSPS) is 24.3. The van der Waals surface area contributed by atoms with Crippen LogP contribution in [0.5, 0.6) is 0 Å². The molecule has 0 radical (unpaired) electrons. The van der Waals surface area contributed by atoms with Crippen LogP contribution in [0.2, 0.25) is 0 Å². The summed E-state index contributed by atoms with van der Waals surface area (Å²) in [5.41, 5.74) is 0.0178. The van der Waals surface area contributed by atoms with Gasteiger partial charge in [-0.15, -0.1) is 0 Å². The molecule has 6 heteroatoms. The lowest BCUT2D eigenvalue weighted by Gasteiger charge is -2.39. The summed E-state index contributed by atoms with van der Waals surface area (Å²) in [6, 6.07) is -0.294. The molecule has 2 rings (SSSR count). The fraction of sp³-hybridized carbons (Fsp3) is 0.882. The van der Waals surface area contributed by atoms with Crippen molar-refractivity contribution in [2.45, 2.75) is 51.5 Å². The Morgan fingerprint density at radius 3 is 2.70 bits per heavy atom. The summed E-state index contributed by atoms with van der Waals surface area (Å²) in [5, 5.41) is 6.47. The molecule has 0 bridgehead atoms. The van der Waals surface area contributed by atoms with E-state index < -0.39 is 0 Å². The highest BCUT2D eigenvalue weighted by atomic mass is 16.5. The first-order chi connectivity index (χ1) is 11.1. The summed E-state index contributed by atoms with van der Waals surface area (Å²) >= 11 is 0. The fourth-order valence-electron chi connectivity index (χ4n) is 3.73. The van der Waals surface area contributed by atoms with Crippen LogP contribution in [0.4, 0.5) is 0 Å². The van der Waals surface area contributed by atoms with Gasteiger partial charge in [-0.1, -0.05) is 6.92 Å². The minimum atomic E-state index is -0.294. The van der Waals surface area contributed by atoms with Gasteiger partial charge in [0.1, 0.15) is 6.04 Å². The first kappa shape index (κ1) is 18.2. The van der Waals surface area contributed by atoms with Gasteiger partial charge in [0.25, 0.3) is 0 Å². The number of hydrogen-bond acceptors (Lipinski definition) is 4. The predicted octanol–water partition coefficient (Wildman–Crippen LogP) is 0.910. The number of likely N-dealkylation sites (tertiary alicyclic amines) is 1. The molecule has 23 heavy (non-hydrogen) atoms. The second kappa shape index (κ2) is 8.64. The molecule has 0 saturated carbocycles. The highest BCUT2D eigenvalue weighted by Gasteiger charge is 2.35. The molecule has 2 aliphatic rings. The molecule has 1 atom stereocenters. The number of amides is 2. The summed E-state index contributed by atoms with van der Waals surface area (Å²) in [7, 11) is 1.72. The predicted molar refractivity (Wildman–Crippen MR) is 89.1 cm³/mol. The minimum absolute atomic E-state index is 0.000473. The molecule has 0 spiro atoms. The van der Waals surface area contributed by atoms with Crippen LogP contribution in [-0.2, 0) is 14.3 Å². The maximum absolute atomic E-state index is 12.7. The Kier molecular flexibility index (Phi) is 6.84. The second-order valence-corrected chi connectivity index (χ2v) is 6.85.